The molecule has 1 aromatic carbocycles. The van der Waals surface area contributed by atoms with Gasteiger partial charge >= 0.3 is 5.69 Å². The van der Waals surface area contributed by atoms with Crippen LogP contribution in [-0.2, 0) is 0 Å². The summed E-state index contributed by atoms with van der Waals surface area (Å²) in [6.45, 7) is 3.93. The number of non-ortho nitro benzene ring substituents is 1. The number of allylic oxidation sites excluding steroid dienone is 2. The second-order valence-corrected chi connectivity index (χ2v) is 5.33. The summed E-state index contributed by atoms with van der Waals surface area (Å²) in [5.41, 5.74) is 2.65. The van der Waals surface area contributed by atoms with Crippen LogP contribution in [0, 0.1) is 20.2 Å². The van der Waals surface area contributed by atoms with Crippen molar-refractivity contribution in [2.75, 3.05) is 5.43 Å². The number of nitrogens with zero attached hydrogens (tertiary/aromatic N) is 3. The number of hydrogen-bond donors (Lipinski definition) is 1. The van der Waals surface area contributed by atoms with E-state index in [2.05, 4.69) is 17.5 Å². The van der Waals surface area contributed by atoms with E-state index >= 15 is 0 Å². The van der Waals surface area contributed by atoms with Crippen molar-refractivity contribution in [2.45, 2.75) is 46.0 Å². The van der Waals surface area contributed by atoms with Gasteiger partial charge in [0.2, 0.25) is 0 Å². The number of hydrazone groups is 1. The lowest BCUT2D eigenvalue weighted by Crippen LogP contribution is -2.00. The Morgan fingerprint density at radius 1 is 1.21 bits per heavy atom. The minimum Gasteiger partial charge on any atom is -0.271 e. The Bertz CT molecular complexity index is 641. The predicted molar refractivity (Wildman–Crippen MR) is 94.4 cm³/mol. The van der Waals surface area contributed by atoms with Gasteiger partial charge in [-0.3, -0.25) is 25.7 Å². The van der Waals surface area contributed by atoms with E-state index in [0.29, 0.717) is 5.71 Å². The molecule has 0 radical (unpaired) electrons. The molecular formula is C16H22N4O4. The first kappa shape index (κ1) is 19.3. The molecule has 0 aliphatic heterocycles. The fourth-order valence-corrected chi connectivity index (χ4v) is 2.01. The maximum atomic E-state index is 11.0. The fourth-order valence-electron chi connectivity index (χ4n) is 2.01. The zero-order valence-electron chi connectivity index (χ0n) is 13.9. The van der Waals surface area contributed by atoms with E-state index in [0.717, 1.165) is 18.9 Å². The van der Waals surface area contributed by atoms with Gasteiger partial charge in [-0.1, -0.05) is 32.3 Å². The molecule has 0 aliphatic carbocycles. The van der Waals surface area contributed by atoms with Crippen LogP contribution in [0.5, 0.6) is 0 Å². The first-order valence-electron chi connectivity index (χ1n) is 7.85. The maximum absolute atomic E-state index is 11.0. The van der Waals surface area contributed by atoms with E-state index in [1.165, 1.54) is 31.4 Å². The van der Waals surface area contributed by atoms with E-state index in [9.17, 15) is 20.2 Å². The fraction of sp³-hybridized carbons (Fsp3) is 0.438. The van der Waals surface area contributed by atoms with Crippen LogP contribution in [-0.4, -0.2) is 15.6 Å². The average Bonchev–Trinajstić information content (AvgIpc) is 2.55. The van der Waals surface area contributed by atoms with Crippen LogP contribution in [0.25, 0.3) is 0 Å². The number of anilines is 1. The molecule has 130 valence electrons. The Hall–Kier alpha value is -2.77. The van der Waals surface area contributed by atoms with Gasteiger partial charge in [-0.25, -0.2) is 0 Å². The van der Waals surface area contributed by atoms with Crippen molar-refractivity contribution < 1.29 is 9.85 Å². The van der Waals surface area contributed by atoms with Gasteiger partial charge in [0, 0.05) is 6.07 Å². The molecule has 8 nitrogen and oxygen atoms in total. The van der Waals surface area contributed by atoms with Gasteiger partial charge in [-0.15, -0.1) is 0 Å². The topological polar surface area (TPSA) is 111 Å². The summed E-state index contributed by atoms with van der Waals surface area (Å²) in [5.74, 6) is 0. The lowest BCUT2D eigenvalue weighted by atomic mass is 10.1. The molecule has 1 N–H and O–H groups in total. The van der Waals surface area contributed by atoms with Crippen LogP contribution >= 0.6 is 0 Å². The Balaban J connectivity index is 2.69. The molecule has 1 rings (SSSR count). The van der Waals surface area contributed by atoms with Crippen molar-refractivity contribution in [3.8, 4) is 0 Å². The molecule has 0 aromatic heterocycles. The van der Waals surface area contributed by atoms with Gasteiger partial charge in [0.05, 0.1) is 21.6 Å². The first-order chi connectivity index (χ1) is 11.5. The van der Waals surface area contributed by atoms with Crippen LogP contribution < -0.4 is 5.43 Å². The number of nitro benzene ring substituents is 2. The van der Waals surface area contributed by atoms with Gasteiger partial charge in [0.25, 0.3) is 5.69 Å². The molecule has 24 heavy (non-hydrogen) atoms. The lowest BCUT2D eigenvalue weighted by molar-refractivity contribution is -0.393. The number of nitro groups is 2. The molecule has 1 aromatic rings. The number of hydrogen-bond acceptors (Lipinski definition) is 6. The summed E-state index contributed by atoms with van der Waals surface area (Å²) in [5, 5.41) is 25.8. The standard InChI is InChI=1S/C16H22N4O4/c1-3-4-5-6-7-8-9-13(2)17-18-15-11-10-14(19(21)22)12-16(15)20(23)24/h8-12,18H,3-7H2,1-2H3/b9-8+,17-13+. The third kappa shape index (κ3) is 6.55. The minimum absolute atomic E-state index is 0.112. The Morgan fingerprint density at radius 2 is 1.96 bits per heavy atom. The van der Waals surface area contributed by atoms with Gasteiger partial charge in [0.1, 0.15) is 5.69 Å². The molecule has 0 bridgehead atoms. The largest absolute Gasteiger partial charge is 0.301 e. The van der Waals surface area contributed by atoms with Crippen molar-refractivity contribution in [3.05, 3.63) is 50.6 Å². The van der Waals surface area contributed by atoms with Crippen LogP contribution in [0.3, 0.4) is 0 Å². The van der Waals surface area contributed by atoms with Gasteiger partial charge in [0.15, 0.2) is 0 Å². The van der Waals surface area contributed by atoms with E-state index in [4.69, 9.17) is 0 Å². The number of nitrogens with one attached hydrogen (secondary N) is 1. The van der Waals surface area contributed by atoms with Crippen molar-refractivity contribution in [1.82, 2.24) is 0 Å². The predicted octanol–water partition coefficient (Wildman–Crippen LogP) is 4.82. The van der Waals surface area contributed by atoms with E-state index in [1.54, 1.807) is 6.92 Å². The van der Waals surface area contributed by atoms with E-state index in [1.807, 2.05) is 12.2 Å². The van der Waals surface area contributed by atoms with Crippen LogP contribution in [0.2, 0.25) is 0 Å². The van der Waals surface area contributed by atoms with E-state index < -0.39 is 9.85 Å². The van der Waals surface area contributed by atoms with Gasteiger partial charge in [-0.2, -0.15) is 5.10 Å². The molecule has 0 fully saturated rings. The molecular weight excluding hydrogens is 312 g/mol. The summed E-state index contributed by atoms with van der Waals surface area (Å²) in [6.07, 6.45) is 9.57. The number of rotatable bonds is 10. The summed E-state index contributed by atoms with van der Waals surface area (Å²) in [7, 11) is 0. The van der Waals surface area contributed by atoms with Crippen LogP contribution in [0.1, 0.15) is 46.0 Å². The van der Waals surface area contributed by atoms with Crippen molar-refractivity contribution in [2.24, 2.45) is 5.10 Å². The first-order valence-corrected chi connectivity index (χ1v) is 7.85. The van der Waals surface area contributed by atoms with Crippen molar-refractivity contribution in [3.63, 3.8) is 0 Å². The summed E-state index contributed by atoms with van der Waals surface area (Å²) in [4.78, 5) is 20.4. The SMILES string of the molecule is CCCCCC/C=C/C(C)=N/Nc1ccc([N+](=O)[O-])cc1[N+](=O)[O-]. The summed E-state index contributed by atoms with van der Waals surface area (Å²) < 4.78 is 0. The molecule has 0 amide bonds. The Labute approximate surface area is 140 Å². The third-order valence-electron chi connectivity index (χ3n) is 3.32. The molecule has 0 spiro atoms. The normalized spacial score (nSPS) is 11.7. The second-order valence-electron chi connectivity index (χ2n) is 5.33. The Kier molecular flexibility index (Phi) is 8.10. The van der Waals surface area contributed by atoms with Crippen LogP contribution in [0.15, 0.2) is 35.5 Å². The molecule has 8 heteroatoms. The number of benzene rings is 1. The molecule has 0 unspecified atom stereocenters. The zero-order chi connectivity index (χ0) is 17.9. The molecule has 0 aliphatic rings. The zero-order valence-corrected chi connectivity index (χ0v) is 13.9. The highest BCUT2D eigenvalue weighted by Crippen LogP contribution is 2.28. The van der Waals surface area contributed by atoms with Gasteiger partial charge in [-0.05, 0) is 31.9 Å². The third-order valence-corrected chi connectivity index (χ3v) is 3.32. The number of unbranched alkanes of at least 4 members (excludes halogenated alkanes) is 4. The smallest absolute Gasteiger partial charge is 0.271 e. The quantitative estimate of drug-likeness (QED) is 0.285. The molecule has 0 heterocycles. The minimum atomic E-state index is -0.677. The summed E-state index contributed by atoms with van der Waals surface area (Å²) in [6, 6.07) is 3.39. The van der Waals surface area contributed by atoms with Crippen molar-refractivity contribution >= 4 is 22.8 Å². The highest BCUT2D eigenvalue weighted by atomic mass is 16.6. The highest BCUT2D eigenvalue weighted by molar-refractivity contribution is 5.93. The maximum Gasteiger partial charge on any atom is 0.301 e. The van der Waals surface area contributed by atoms with Gasteiger partial charge < -0.3 is 0 Å². The van der Waals surface area contributed by atoms with E-state index in [-0.39, 0.29) is 17.1 Å². The molecule has 0 atom stereocenters. The lowest BCUT2D eigenvalue weighted by Gasteiger charge is -2.02. The monoisotopic (exact) mass is 334 g/mol. The molecule has 0 saturated carbocycles. The van der Waals surface area contributed by atoms with Crippen LogP contribution in [0.4, 0.5) is 17.1 Å². The molecule has 0 saturated heterocycles. The summed E-state index contributed by atoms with van der Waals surface area (Å²) >= 11 is 0. The Morgan fingerprint density at radius 3 is 2.58 bits per heavy atom. The van der Waals surface area contributed by atoms with Crippen molar-refractivity contribution in [1.29, 1.82) is 0 Å². The average molecular weight is 334 g/mol. The second kappa shape index (κ2) is 10.1. The highest BCUT2D eigenvalue weighted by Gasteiger charge is 2.19.